The van der Waals surface area contributed by atoms with Crippen molar-refractivity contribution >= 4 is 29.0 Å². The van der Waals surface area contributed by atoms with Crippen LogP contribution in [0.25, 0.3) is 0 Å². The Morgan fingerprint density at radius 1 is 1.19 bits per heavy atom. The van der Waals surface area contributed by atoms with Gasteiger partial charge in [0.05, 0.1) is 22.3 Å². The fourth-order valence-electron chi connectivity index (χ4n) is 2.47. The fraction of sp³-hybridized carbons (Fsp3) is 0.429. The van der Waals surface area contributed by atoms with Gasteiger partial charge >= 0.3 is 0 Å². The van der Waals surface area contributed by atoms with E-state index in [0.29, 0.717) is 10.0 Å². The predicted octanol–water partition coefficient (Wildman–Crippen LogP) is 3.01. The van der Waals surface area contributed by atoms with Crippen molar-refractivity contribution in [2.24, 2.45) is 0 Å². The van der Waals surface area contributed by atoms with E-state index >= 15 is 0 Å². The molecule has 0 N–H and O–H groups in total. The van der Waals surface area contributed by atoms with Gasteiger partial charge in [-0.2, -0.15) is 0 Å². The predicted molar refractivity (Wildman–Crippen MR) is 83.0 cm³/mol. The molecule has 0 saturated carbocycles. The Kier molecular flexibility index (Phi) is 4.33. The van der Waals surface area contributed by atoms with E-state index in [-0.39, 0.29) is 0 Å². The molecule has 0 bridgehead atoms. The lowest BCUT2D eigenvalue weighted by Gasteiger charge is -2.35. The van der Waals surface area contributed by atoms with Crippen molar-refractivity contribution in [1.29, 1.82) is 0 Å². The van der Waals surface area contributed by atoms with Gasteiger partial charge in [0.2, 0.25) is 0 Å². The normalized spacial score (nSPS) is 16.4. The summed E-state index contributed by atoms with van der Waals surface area (Å²) in [5, 5.41) is 5.07. The second kappa shape index (κ2) is 6.22. The molecule has 0 unspecified atom stereocenters. The van der Waals surface area contributed by atoms with E-state index in [1.165, 1.54) is 0 Å². The monoisotopic (exact) mass is 326 g/mol. The molecule has 0 aliphatic carbocycles. The summed E-state index contributed by atoms with van der Waals surface area (Å²) in [5.41, 5.74) is 0.917. The van der Waals surface area contributed by atoms with E-state index in [1.54, 1.807) is 12.3 Å². The minimum atomic E-state index is 0.558. The van der Waals surface area contributed by atoms with Crippen LogP contribution in [0.1, 0.15) is 11.5 Å². The third-order valence-corrected chi connectivity index (χ3v) is 4.00. The molecule has 21 heavy (non-hydrogen) atoms. The first-order chi connectivity index (χ1) is 10.1. The quantitative estimate of drug-likeness (QED) is 0.867. The van der Waals surface area contributed by atoms with Crippen LogP contribution in [0, 0.1) is 6.92 Å². The van der Waals surface area contributed by atoms with Crippen molar-refractivity contribution in [3.8, 4) is 0 Å². The molecule has 0 radical (unpaired) electrons. The molecule has 3 rings (SSSR count). The van der Waals surface area contributed by atoms with Crippen LogP contribution in [0.4, 0.5) is 5.82 Å². The van der Waals surface area contributed by atoms with Gasteiger partial charge in [-0.05, 0) is 13.0 Å². The minimum Gasteiger partial charge on any atom is -0.360 e. The standard InChI is InChI=1S/C14H16Cl2N4O/c1-10-6-12(21-18-10)9-19-2-4-20(5-3-19)14-13(16)7-11(15)8-17-14/h6-8H,2-5,9H2,1H3. The second-order valence-electron chi connectivity index (χ2n) is 5.16. The maximum atomic E-state index is 6.21. The fourth-order valence-corrected chi connectivity index (χ4v) is 2.97. The zero-order valence-electron chi connectivity index (χ0n) is 11.7. The van der Waals surface area contributed by atoms with Crippen LogP contribution in [0.3, 0.4) is 0 Å². The molecule has 0 spiro atoms. The number of piperazine rings is 1. The molecular formula is C14H16Cl2N4O. The lowest BCUT2D eigenvalue weighted by atomic mass is 10.2. The Morgan fingerprint density at radius 3 is 2.57 bits per heavy atom. The van der Waals surface area contributed by atoms with Crippen LogP contribution in [-0.4, -0.2) is 41.2 Å². The summed E-state index contributed by atoms with van der Waals surface area (Å²) in [7, 11) is 0. The Balaban J connectivity index is 1.59. The highest BCUT2D eigenvalue weighted by atomic mass is 35.5. The van der Waals surface area contributed by atoms with Gasteiger partial charge in [-0.3, -0.25) is 4.90 Å². The Bertz CT molecular complexity index is 623. The summed E-state index contributed by atoms with van der Waals surface area (Å²) >= 11 is 12.1. The minimum absolute atomic E-state index is 0.558. The molecule has 1 fully saturated rings. The number of anilines is 1. The molecule has 1 saturated heterocycles. The first-order valence-corrected chi connectivity index (χ1v) is 7.58. The second-order valence-corrected chi connectivity index (χ2v) is 6.00. The molecule has 1 aliphatic heterocycles. The first kappa shape index (κ1) is 14.6. The van der Waals surface area contributed by atoms with Crippen LogP contribution in [0.5, 0.6) is 0 Å². The number of aryl methyl sites for hydroxylation is 1. The summed E-state index contributed by atoms with van der Waals surface area (Å²) < 4.78 is 5.26. The van der Waals surface area contributed by atoms with Crippen LogP contribution in [-0.2, 0) is 6.54 Å². The van der Waals surface area contributed by atoms with Gasteiger partial charge in [0.15, 0.2) is 5.76 Å². The van der Waals surface area contributed by atoms with Crippen molar-refractivity contribution in [1.82, 2.24) is 15.0 Å². The van der Waals surface area contributed by atoms with Crippen molar-refractivity contribution in [3.05, 3.63) is 39.8 Å². The molecule has 0 aromatic carbocycles. The number of halogens is 2. The van der Waals surface area contributed by atoms with Crippen LogP contribution >= 0.6 is 23.2 Å². The zero-order chi connectivity index (χ0) is 14.8. The SMILES string of the molecule is Cc1cc(CN2CCN(c3ncc(Cl)cc3Cl)CC2)on1. The largest absolute Gasteiger partial charge is 0.360 e. The van der Waals surface area contributed by atoms with Crippen LogP contribution < -0.4 is 4.90 Å². The van der Waals surface area contributed by atoms with Crippen molar-refractivity contribution in [2.75, 3.05) is 31.1 Å². The van der Waals surface area contributed by atoms with E-state index in [4.69, 9.17) is 27.7 Å². The van der Waals surface area contributed by atoms with Crippen molar-refractivity contribution in [3.63, 3.8) is 0 Å². The summed E-state index contributed by atoms with van der Waals surface area (Å²) in [6.07, 6.45) is 1.63. The molecule has 112 valence electrons. The highest BCUT2D eigenvalue weighted by Gasteiger charge is 2.21. The van der Waals surface area contributed by atoms with E-state index in [9.17, 15) is 0 Å². The summed E-state index contributed by atoms with van der Waals surface area (Å²) in [4.78, 5) is 8.84. The number of aromatic nitrogens is 2. The molecular weight excluding hydrogens is 311 g/mol. The van der Waals surface area contributed by atoms with Gasteiger partial charge in [0, 0.05) is 38.4 Å². The number of hydrogen-bond donors (Lipinski definition) is 0. The first-order valence-electron chi connectivity index (χ1n) is 6.82. The van der Waals surface area contributed by atoms with Gasteiger partial charge in [0.25, 0.3) is 0 Å². The topological polar surface area (TPSA) is 45.4 Å². The third kappa shape index (κ3) is 3.48. The van der Waals surface area contributed by atoms with Gasteiger partial charge < -0.3 is 9.42 Å². The lowest BCUT2D eigenvalue weighted by Crippen LogP contribution is -2.46. The van der Waals surface area contributed by atoms with E-state index in [2.05, 4.69) is 19.9 Å². The van der Waals surface area contributed by atoms with Gasteiger partial charge in [-0.25, -0.2) is 4.98 Å². The average Bonchev–Trinajstić information content (AvgIpc) is 2.85. The number of hydrogen-bond acceptors (Lipinski definition) is 5. The van der Waals surface area contributed by atoms with Crippen molar-refractivity contribution < 1.29 is 4.52 Å². The zero-order valence-corrected chi connectivity index (χ0v) is 13.2. The molecule has 1 aliphatic rings. The molecule has 2 aromatic rings. The molecule has 5 nitrogen and oxygen atoms in total. The van der Waals surface area contributed by atoms with E-state index < -0.39 is 0 Å². The number of pyridine rings is 1. The molecule has 0 atom stereocenters. The highest BCUT2D eigenvalue weighted by Crippen LogP contribution is 2.26. The average molecular weight is 327 g/mol. The number of rotatable bonds is 3. The summed E-state index contributed by atoms with van der Waals surface area (Å²) in [6, 6.07) is 3.71. The molecule has 3 heterocycles. The van der Waals surface area contributed by atoms with E-state index in [1.807, 2.05) is 13.0 Å². The molecule has 2 aromatic heterocycles. The smallest absolute Gasteiger partial charge is 0.150 e. The Morgan fingerprint density at radius 2 is 1.95 bits per heavy atom. The summed E-state index contributed by atoms with van der Waals surface area (Å²) in [5.74, 6) is 1.71. The maximum Gasteiger partial charge on any atom is 0.150 e. The van der Waals surface area contributed by atoms with Crippen molar-refractivity contribution in [2.45, 2.75) is 13.5 Å². The van der Waals surface area contributed by atoms with Gasteiger partial charge in [-0.1, -0.05) is 28.4 Å². The summed E-state index contributed by atoms with van der Waals surface area (Å²) in [6.45, 7) is 6.33. The van der Waals surface area contributed by atoms with Crippen LogP contribution in [0.15, 0.2) is 22.9 Å². The van der Waals surface area contributed by atoms with Gasteiger partial charge in [-0.15, -0.1) is 0 Å². The Labute approximate surface area is 133 Å². The molecule has 0 amide bonds. The molecule has 7 heteroatoms. The Hall–Kier alpha value is -1.30. The maximum absolute atomic E-state index is 6.21. The lowest BCUT2D eigenvalue weighted by molar-refractivity contribution is 0.219. The van der Waals surface area contributed by atoms with E-state index in [0.717, 1.165) is 50.0 Å². The third-order valence-electron chi connectivity index (χ3n) is 3.52. The highest BCUT2D eigenvalue weighted by molar-refractivity contribution is 6.36. The number of nitrogens with zero attached hydrogens (tertiary/aromatic N) is 4. The van der Waals surface area contributed by atoms with Crippen LogP contribution in [0.2, 0.25) is 10.0 Å². The van der Waals surface area contributed by atoms with Gasteiger partial charge in [0.1, 0.15) is 5.82 Å².